The number of rotatable bonds is 6. The number of benzene rings is 3. The van der Waals surface area contributed by atoms with Crippen molar-refractivity contribution in [2.45, 2.75) is 12.8 Å². The van der Waals surface area contributed by atoms with Crippen molar-refractivity contribution in [2.75, 3.05) is 0 Å². The van der Waals surface area contributed by atoms with Crippen LogP contribution in [0.5, 0.6) is 0 Å². The fraction of sp³-hybridized carbons (Fsp3) is 0.0741. The van der Waals surface area contributed by atoms with Gasteiger partial charge in [-0.05, 0) is 41.8 Å². The maximum absolute atomic E-state index is 12.7. The standard InChI is InChI=1S/C27H18ClNO4S/c28-20-10-11-22-19(13-20)14-21(27(32)33-22)26-29-25(23(34-26)15-24(30)31)18-8-6-17(7-9-18)12-16-4-2-1-3-5-16/h1-11,13-14H,12,15H2,(H,30,31). The number of hydrogen-bond donors (Lipinski definition) is 1. The summed E-state index contributed by atoms with van der Waals surface area (Å²) in [6.07, 6.45) is 0.607. The van der Waals surface area contributed by atoms with Gasteiger partial charge in [0.1, 0.15) is 10.6 Å². The molecule has 0 saturated carbocycles. The molecule has 0 amide bonds. The molecule has 0 aliphatic carbocycles. The molecular weight excluding hydrogens is 470 g/mol. The second-order valence-electron chi connectivity index (χ2n) is 7.85. The van der Waals surface area contributed by atoms with Crippen LogP contribution in [0.4, 0.5) is 0 Å². The molecule has 3 aromatic carbocycles. The summed E-state index contributed by atoms with van der Waals surface area (Å²) in [5.74, 6) is -0.963. The lowest BCUT2D eigenvalue weighted by Crippen LogP contribution is -2.02. The summed E-state index contributed by atoms with van der Waals surface area (Å²) < 4.78 is 5.45. The number of thiazole rings is 1. The first kappa shape index (κ1) is 22.1. The smallest absolute Gasteiger partial charge is 0.346 e. The van der Waals surface area contributed by atoms with Gasteiger partial charge in [-0.1, -0.05) is 66.2 Å². The van der Waals surface area contributed by atoms with Gasteiger partial charge in [0.25, 0.3) is 0 Å². The highest BCUT2D eigenvalue weighted by atomic mass is 35.5. The van der Waals surface area contributed by atoms with Crippen molar-refractivity contribution in [3.63, 3.8) is 0 Å². The number of halogens is 1. The molecule has 0 aliphatic heterocycles. The second kappa shape index (κ2) is 9.25. The van der Waals surface area contributed by atoms with Gasteiger partial charge in [-0.25, -0.2) is 9.78 Å². The van der Waals surface area contributed by atoms with Crippen LogP contribution >= 0.6 is 22.9 Å². The van der Waals surface area contributed by atoms with Crippen LogP contribution in [0, 0.1) is 0 Å². The lowest BCUT2D eigenvalue weighted by Gasteiger charge is -2.05. The van der Waals surface area contributed by atoms with Crippen LogP contribution in [-0.4, -0.2) is 16.1 Å². The molecule has 0 spiro atoms. The Kier molecular flexibility index (Phi) is 6.01. The Morgan fingerprint density at radius 3 is 2.44 bits per heavy atom. The average molecular weight is 488 g/mol. The highest BCUT2D eigenvalue weighted by Crippen LogP contribution is 2.34. The molecule has 0 bridgehead atoms. The molecule has 168 valence electrons. The maximum Gasteiger partial charge on any atom is 0.346 e. The predicted octanol–water partition coefficient (Wildman–Crippen LogP) is 6.45. The molecule has 0 radical (unpaired) electrons. The molecule has 0 fully saturated rings. The minimum atomic E-state index is -0.963. The van der Waals surface area contributed by atoms with Crippen molar-refractivity contribution in [1.29, 1.82) is 0 Å². The van der Waals surface area contributed by atoms with Crippen molar-refractivity contribution in [1.82, 2.24) is 4.98 Å². The largest absolute Gasteiger partial charge is 0.481 e. The second-order valence-corrected chi connectivity index (χ2v) is 9.37. The maximum atomic E-state index is 12.7. The van der Waals surface area contributed by atoms with Crippen LogP contribution in [0.2, 0.25) is 5.02 Å². The SMILES string of the molecule is O=C(O)Cc1sc(-c2cc3cc(Cl)ccc3oc2=O)nc1-c1ccc(Cc2ccccc2)cc1. The summed E-state index contributed by atoms with van der Waals surface area (Å²) in [6, 6.07) is 24.7. The zero-order valence-corrected chi connectivity index (χ0v) is 19.4. The number of aliphatic carboxylic acids is 1. The van der Waals surface area contributed by atoms with Gasteiger partial charge in [0.05, 0.1) is 17.7 Å². The number of hydrogen-bond acceptors (Lipinski definition) is 5. The quantitative estimate of drug-likeness (QED) is 0.278. The minimum absolute atomic E-state index is 0.191. The van der Waals surface area contributed by atoms with E-state index in [9.17, 15) is 14.7 Å². The van der Waals surface area contributed by atoms with Crippen LogP contribution in [0.1, 0.15) is 16.0 Å². The van der Waals surface area contributed by atoms with Gasteiger partial charge in [-0.15, -0.1) is 11.3 Å². The summed E-state index contributed by atoms with van der Waals surface area (Å²) >= 11 is 7.27. The van der Waals surface area contributed by atoms with E-state index in [-0.39, 0.29) is 12.0 Å². The number of fused-ring (bicyclic) bond motifs is 1. The molecule has 0 unspecified atom stereocenters. The summed E-state index contributed by atoms with van der Waals surface area (Å²) in [4.78, 5) is 29.4. The Labute approximate surface area is 203 Å². The Bertz CT molecular complexity index is 1560. The minimum Gasteiger partial charge on any atom is -0.481 e. The van der Waals surface area contributed by atoms with Crippen LogP contribution in [-0.2, 0) is 17.6 Å². The average Bonchev–Trinajstić information content (AvgIpc) is 3.23. The summed E-state index contributed by atoms with van der Waals surface area (Å²) in [5, 5.41) is 11.0. The molecule has 0 saturated heterocycles. The van der Waals surface area contributed by atoms with Crippen molar-refractivity contribution >= 4 is 39.9 Å². The van der Waals surface area contributed by atoms with Crippen LogP contribution < -0.4 is 5.63 Å². The Hall–Kier alpha value is -3.74. The molecule has 2 aromatic heterocycles. The van der Waals surface area contributed by atoms with Crippen molar-refractivity contribution in [3.8, 4) is 21.8 Å². The van der Waals surface area contributed by atoms with E-state index in [0.717, 1.165) is 17.5 Å². The van der Waals surface area contributed by atoms with Crippen molar-refractivity contribution in [2.24, 2.45) is 0 Å². The lowest BCUT2D eigenvalue weighted by molar-refractivity contribution is -0.136. The number of nitrogens with zero attached hydrogens (tertiary/aromatic N) is 1. The molecule has 2 heterocycles. The summed E-state index contributed by atoms with van der Waals surface area (Å²) in [5.41, 5.74) is 3.87. The summed E-state index contributed by atoms with van der Waals surface area (Å²) in [7, 11) is 0. The zero-order chi connectivity index (χ0) is 23.7. The molecule has 5 rings (SSSR count). The monoisotopic (exact) mass is 487 g/mol. The molecule has 1 N–H and O–H groups in total. The van der Waals surface area contributed by atoms with Crippen molar-refractivity contribution in [3.05, 3.63) is 110 Å². The van der Waals surface area contributed by atoms with Crippen LogP contribution in [0.15, 0.2) is 88.1 Å². The number of carboxylic acid groups (broad SMARTS) is 1. The number of aromatic nitrogens is 1. The molecule has 5 aromatic rings. The van der Waals surface area contributed by atoms with Crippen molar-refractivity contribution < 1.29 is 14.3 Å². The van der Waals surface area contributed by atoms with Crippen LogP contribution in [0.3, 0.4) is 0 Å². The first-order valence-corrected chi connectivity index (χ1v) is 11.7. The Morgan fingerprint density at radius 1 is 0.971 bits per heavy atom. The highest BCUT2D eigenvalue weighted by Gasteiger charge is 2.19. The van der Waals surface area contributed by atoms with Gasteiger partial charge >= 0.3 is 11.6 Å². The third-order valence-electron chi connectivity index (χ3n) is 5.41. The molecule has 0 aliphatic rings. The first-order valence-electron chi connectivity index (χ1n) is 10.5. The van der Waals surface area contributed by atoms with Gasteiger partial charge < -0.3 is 9.52 Å². The third-order valence-corrected chi connectivity index (χ3v) is 6.74. The Balaban J connectivity index is 1.54. The van der Waals surface area contributed by atoms with E-state index in [4.69, 9.17) is 16.0 Å². The van der Waals surface area contributed by atoms with E-state index in [0.29, 0.717) is 31.6 Å². The number of carbonyl (C=O) groups is 1. The van der Waals surface area contributed by atoms with Crippen LogP contribution in [0.25, 0.3) is 32.8 Å². The highest BCUT2D eigenvalue weighted by molar-refractivity contribution is 7.15. The zero-order valence-electron chi connectivity index (χ0n) is 17.8. The van der Waals surface area contributed by atoms with E-state index < -0.39 is 11.6 Å². The molecule has 34 heavy (non-hydrogen) atoms. The first-order chi connectivity index (χ1) is 16.5. The van der Waals surface area contributed by atoms with Gasteiger partial charge in [0.2, 0.25) is 0 Å². The molecular formula is C27H18ClNO4S. The summed E-state index contributed by atoms with van der Waals surface area (Å²) in [6.45, 7) is 0. The van der Waals surface area contributed by atoms with E-state index in [1.165, 1.54) is 16.9 Å². The number of carboxylic acids is 1. The normalized spacial score (nSPS) is 11.1. The topological polar surface area (TPSA) is 80.4 Å². The fourth-order valence-corrected chi connectivity index (χ4v) is 5.06. The van der Waals surface area contributed by atoms with E-state index in [2.05, 4.69) is 17.1 Å². The lowest BCUT2D eigenvalue weighted by atomic mass is 10.0. The van der Waals surface area contributed by atoms with E-state index >= 15 is 0 Å². The van der Waals surface area contributed by atoms with Gasteiger partial charge in [0.15, 0.2) is 0 Å². The molecule has 7 heteroatoms. The predicted molar refractivity (Wildman–Crippen MR) is 135 cm³/mol. The fourth-order valence-electron chi connectivity index (χ4n) is 3.81. The van der Waals surface area contributed by atoms with Gasteiger partial charge in [-0.3, -0.25) is 4.79 Å². The van der Waals surface area contributed by atoms with E-state index in [1.54, 1.807) is 24.3 Å². The van der Waals surface area contributed by atoms with E-state index in [1.807, 2.05) is 42.5 Å². The van der Waals surface area contributed by atoms with Gasteiger partial charge in [-0.2, -0.15) is 0 Å². The molecule has 5 nitrogen and oxygen atoms in total. The molecule has 0 atom stereocenters. The Morgan fingerprint density at radius 2 is 1.71 bits per heavy atom. The van der Waals surface area contributed by atoms with Gasteiger partial charge in [0, 0.05) is 20.8 Å². The third kappa shape index (κ3) is 4.64.